The van der Waals surface area contributed by atoms with Crippen LogP contribution in [0.1, 0.15) is 22.9 Å². The summed E-state index contributed by atoms with van der Waals surface area (Å²) < 4.78 is 0. The summed E-state index contributed by atoms with van der Waals surface area (Å²) in [6.45, 7) is 0. The summed E-state index contributed by atoms with van der Waals surface area (Å²) in [6, 6.07) is 58.1. The van der Waals surface area contributed by atoms with E-state index in [0.29, 0.717) is 0 Å². The van der Waals surface area contributed by atoms with E-state index in [4.69, 9.17) is 9.98 Å². The summed E-state index contributed by atoms with van der Waals surface area (Å²) in [7, 11) is 0. The quantitative estimate of drug-likeness (QED) is 0.213. The molecule has 0 aliphatic carbocycles. The first-order chi connectivity index (χ1) is 23.3. The van der Waals surface area contributed by atoms with Gasteiger partial charge in [0, 0.05) is 20.9 Å². The Balaban J connectivity index is 1.23. The predicted octanol–water partition coefficient (Wildman–Crippen LogP) is 10.8. The first-order valence-corrected chi connectivity index (χ1v) is 16.7. The molecule has 3 nitrogen and oxygen atoms in total. The van der Waals surface area contributed by atoms with Gasteiger partial charge in [-0.15, -0.1) is 0 Å². The Labute approximate surface area is 278 Å². The summed E-state index contributed by atoms with van der Waals surface area (Å²) in [5, 5.41) is 6.05. The topological polar surface area (TPSA) is 36.8 Å². The number of rotatable bonds is 4. The number of aliphatic imine (C=N–C) groups is 2. The van der Waals surface area contributed by atoms with E-state index in [0.717, 1.165) is 33.7 Å². The third kappa shape index (κ3) is 4.95. The molecule has 0 aromatic heterocycles. The minimum Gasteiger partial charge on any atom is -0.324 e. The lowest BCUT2D eigenvalue weighted by Gasteiger charge is -2.25. The van der Waals surface area contributed by atoms with Gasteiger partial charge in [0.25, 0.3) is 0 Å². The van der Waals surface area contributed by atoms with E-state index in [1.54, 1.807) is 0 Å². The van der Waals surface area contributed by atoms with Crippen LogP contribution in [-0.2, 0) is 0 Å². The molecule has 47 heavy (non-hydrogen) atoms. The molecule has 0 spiro atoms. The van der Waals surface area contributed by atoms with Crippen LogP contribution in [0.2, 0.25) is 0 Å². The van der Waals surface area contributed by atoms with Crippen LogP contribution in [0.3, 0.4) is 0 Å². The van der Waals surface area contributed by atoms with Crippen molar-refractivity contribution in [3.8, 4) is 33.4 Å². The maximum atomic E-state index is 5.30. The Kier molecular flexibility index (Phi) is 6.80. The zero-order valence-electron chi connectivity index (χ0n) is 25.5. The summed E-state index contributed by atoms with van der Waals surface area (Å²) >= 11 is 1.84. The van der Waals surface area contributed by atoms with E-state index in [-0.39, 0.29) is 6.17 Å². The normalized spacial score (nSPS) is 14.9. The van der Waals surface area contributed by atoms with Crippen LogP contribution in [0, 0.1) is 0 Å². The Bertz CT molecular complexity index is 2290. The second-order valence-electron chi connectivity index (χ2n) is 11.8. The molecule has 7 aromatic carbocycles. The highest BCUT2D eigenvalue weighted by Gasteiger charge is 2.25. The van der Waals surface area contributed by atoms with Gasteiger partial charge in [-0.25, -0.2) is 9.98 Å². The van der Waals surface area contributed by atoms with Crippen molar-refractivity contribution in [2.24, 2.45) is 9.98 Å². The van der Waals surface area contributed by atoms with Crippen LogP contribution in [-0.4, -0.2) is 11.7 Å². The maximum Gasteiger partial charge on any atom is 0.169 e. The minimum atomic E-state index is -0.388. The van der Waals surface area contributed by atoms with Crippen molar-refractivity contribution in [3.63, 3.8) is 0 Å². The third-order valence-corrected chi connectivity index (χ3v) is 10.1. The third-order valence-electron chi connectivity index (χ3n) is 8.97. The lowest BCUT2D eigenvalue weighted by Crippen LogP contribution is -2.36. The number of benzene rings is 7. The SMILES string of the molecule is c1ccc(C2=NC(c3ccc(-c4ccccc4)cc3)N=C(c3ccc4c5c(cccc35)-c3ccccc3Sc3ccccc3-4)N2)cc1. The molecule has 1 unspecified atom stereocenters. The molecule has 2 aliphatic heterocycles. The van der Waals surface area contributed by atoms with E-state index in [2.05, 4.69) is 157 Å². The molecular weight excluding hydrogens is 591 g/mol. The average Bonchev–Trinajstić information content (AvgIpc) is 3.15. The first kappa shape index (κ1) is 27.6. The van der Waals surface area contributed by atoms with Crippen LogP contribution in [0.5, 0.6) is 0 Å². The van der Waals surface area contributed by atoms with Gasteiger partial charge in [-0.1, -0.05) is 163 Å². The highest BCUT2D eigenvalue weighted by molar-refractivity contribution is 7.99. The molecule has 2 aliphatic rings. The van der Waals surface area contributed by atoms with Gasteiger partial charge >= 0.3 is 0 Å². The molecule has 0 saturated heterocycles. The van der Waals surface area contributed by atoms with E-state index in [9.17, 15) is 0 Å². The predicted molar refractivity (Wildman–Crippen MR) is 196 cm³/mol. The fourth-order valence-electron chi connectivity index (χ4n) is 6.69. The molecule has 0 saturated carbocycles. The van der Waals surface area contributed by atoms with E-state index in [1.807, 2.05) is 23.9 Å². The van der Waals surface area contributed by atoms with Crippen LogP contribution in [0.25, 0.3) is 44.2 Å². The maximum absolute atomic E-state index is 5.30. The number of nitrogens with one attached hydrogen (secondary N) is 1. The summed E-state index contributed by atoms with van der Waals surface area (Å²) in [6.07, 6.45) is -0.388. The molecular formula is C43H29N3S. The number of hydrogen-bond acceptors (Lipinski definition) is 4. The first-order valence-electron chi connectivity index (χ1n) is 15.9. The van der Waals surface area contributed by atoms with E-state index < -0.39 is 0 Å². The van der Waals surface area contributed by atoms with Crippen LogP contribution < -0.4 is 5.32 Å². The number of hydrogen-bond donors (Lipinski definition) is 1. The van der Waals surface area contributed by atoms with Gasteiger partial charge in [-0.3, -0.25) is 0 Å². The number of amidine groups is 2. The van der Waals surface area contributed by atoms with Crippen LogP contribution in [0.4, 0.5) is 0 Å². The van der Waals surface area contributed by atoms with Crippen molar-refractivity contribution in [1.29, 1.82) is 0 Å². The second-order valence-corrected chi connectivity index (χ2v) is 12.9. The van der Waals surface area contributed by atoms with Crippen molar-refractivity contribution < 1.29 is 0 Å². The van der Waals surface area contributed by atoms with Crippen molar-refractivity contribution in [1.82, 2.24) is 5.32 Å². The number of fused-ring (bicyclic) bond motifs is 4. The fraction of sp³-hybridized carbons (Fsp3) is 0.0233. The van der Waals surface area contributed by atoms with Gasteiger partial charge in [0.15, 0.2) is 6.17 Å². The van der Waals surface area contributed by atoms with Crippen molar-refractivity contribution in [2.75, 3.05) is 0 Å². The lowest BCUT2D eigenvalue weighted by atomic mass is 9.88. The minimum absolute atomic E-state index is 0.388. The molecule has 7 aromatic rings. The molecule has 1 atom stereocenters. The number of nitrogens with zero attached hydrogens (tertiary/aromatic N) is 2. The van der Waals surface area contributed by atoms with E-state index in [1.165, 1.54) is 48.6 Å². The zero-order chi connectivity index (χ0) is 31.2. The monoisotopic (exact) mass is 619 g/mol. The average molecular weight is 620 g/mol. The molecule has 0 amide bonds. The summed E-state index contributed by atoms with van der Waals surface area (Å²) in [5.74, 6) is 1.63. The molecule has 0 radical (unpaired) electrons. The zero-order valence-corrected chi connectivity index (χ0v) is 26.3. The summed E-state index contributed by atoms with van der Waals surface area (Å²) in [5.41, 5.74) is 10.5. The van der Waals surface area contributed by atoms with Gasteiger partial charge < -0.3 is 5.32 Å². The summed E-state index contributed by atoms with van der Waals surface area (Å²) in [4.78, 5) is 13.0. The smallest absolute Gasteiger partial charge is 0.169 e. The van der Waals surface area contributed by atoms with Crippen LogP contribution in [0.15, 0.2) is 184 Å². The highest BCUT2D eigenvalue weighted by Crippen LogP contribution is 2.48. The van der Waals surface area contributed by atoms with Gasteiger partial charge in [0.05, 0.1) is 0 Å². The largest absolute Gasteiger partial charge is 0.324 e. The molecule has 9 rings (SSSR count). The second kappa shape index (κ2) is 11.6. The van der Waals surface area contributed by atoms with Crippen molar-refractivity contribution in [3.05, 3.63) is 180 Å². The molecule has 0 fully saturated rings. The molecule has 0 bridgehead atoms. The van der Waals surface area contributed by atoms with Gasteiger partial charge in [-0.05, 0) is 61.8 Å². The van der Waals surface area contributed by atoms with Gasteiger partial charge in [0.1, 0.15) is 11.7 Å². The van der Waals surface area contributed by atoms with Crippen molar-refractivity contribution >= 4 is 34.2 Å². The fourth-order valence-corrected chi connectivity index (χ4v) is 7.80. The Morgan fingerprint density at radius 2 is 0.936 bits per heavy atom. The highest BCUT2D eigenvalue weighted by atomic mass is 32.2. The van der Waals surface area contributed by atoms with Gasteiger partial charge in [-0.2, -0.15) is 0 Å². The van der Waals surface area contributed by atoms with E-state index >= 15 is 0 Å². The Morgan fingerprint density at radius 3 is 1.64 bits per heavy atom. The molecule has 4 heteroatoms. The Morgan fingerprint density at radius 1 is 0.404 bits per heavy atom. The van der Waals surface area contributed by atoms with Crippen LogP contribution >= 0.6 is 11.8 Å². The molecule has 1 N–H and O–H groups in total. The molecule has 2 heterocycles. The Hall–Kier alpha value is -5.71. The lowest BCUT2D eigenvalue weighted by molar-refractivity contribution is 0.756. The van der Waals surface area contributed by atoms with Crippen molar-refractivity contribution in [2.45, 2.75) is 16.0 Å². The van der Waals surface area contributed by atoms with Gasteiger partial charge in [0.2, 0.25) is 0 Å². The standard InChI is InChI=1S/C43H29N3S/c1-3-12-28(13-4-1)29-22-24-31(25-23-29)42-44-41(30-14-5-2-6-15-30)45-43(46-42)37-27-26-36-33-17-8-10-21-39(33)47-38-20-9-7-16-32(38)34-18-11-19-35(37)40(34)36/h1-27,42H,(H,44,45,46). The molecule has 222 valence electrons.